The first-order valence-corrected chi connectivity index (χ1v) is 9.15. The number of hydrogen-bond donors (Lipinski definition) is 1. The van der Waals surface area contributed by atoms with Crippen LogP contribution in [0.4, 0.5) is 0 Å². The Hall–Kier alpha value is -2.62. The molecule has 0 saturated heterocycles. The fourth-order valence-electron chi connectivity index (χ4n) is 4.55. The topological polar surface area (TPSA) is 57.6 Å². The van der Waals surface area contributed by atoms with E-state index in [0.717, 1.165) is 24.8 Å². The van der Waals surface area contributed by atoms with Crippen LogP contribution in [0, 0.1) is 5.92 Å². The summed E-state index contributed by atoms with van der Waals surface area (Å²) in [6.45, 7) is 0. The Morgan fingerprint density at radius 3 is 2.58 bits per heavy atom. The quantitative estimate of drug-likeness (QED) is 0.903. The van der Waals surface area contributed by atoms with Crippen molar-refractivity contribution in [2.75, 3.05) is 7.05 Å². The number of rotatable bonds is 5. The molecule has 1 amide bonds. The van der Waals surface area contributed by atoms with E-state index < -0.39 is 12.0 Å². The summed E-state index contributed by atoms with van der Waals surface area (Å²) < 4.78 is 0. The number of hydrogen-bond acceptors (Lipinski definition) is 2. The van der Waals surface area contributed by atoms with Gasteiger partial charge in [-0.15, -0.1) is 0 Å². The van der Waals surface area contributed by atoms with Crippen molar-refractivity contribution in [2.24, 2.45) is 5.92 Å². The SMILES string of the molecule is CN(C(=O)C1CC12CCc1ccccc12)C(Cc1ccccc1)C(=O)O. The van der Waals surface area contributed by atoms with E-state index in [4.69, 9.17) is 0 Å². The van der Waals surface area contributed by atoms with Crippen LogP contribution in [0.2, 0.25) is 0 Å². The van der Waals surface area contributed by atoms with E-state index >= 15 is 0 Å². The van der Waals surface area contributed by atoms with Crippen molar-refractivity contribution >= 4 is 11.9 Å². The molecule has 1 fully saturated rings. The number of likely N-dealkylation sites (N-methyl/N-ethyl adjacent to an activating group) is 1. The summed E-state index contributed by atoms with van der Waals surface area (Å²) in [5, 5.41) is 9.68. The first-order chi connectivity index (χ1) is 12.5. The second-order valence-electron chi connectivity index (χ2n) is 7.56. The van der Waals surface area contributed by atoms with Gasteiger partial charge < -0.3 is 10.0 Å². The summed E-state index contributed by atoms with van der Waals surface area (Å²) in [7, 11) is 1.64. The summed E-state index contributed by atoms with van der Waals surface area (Å²) >= 11 is 0. The van der Waals surface area contributed by atoms with Crippen molar-refractivity contribution in [3.63, 3.8) is 0 Å². The van der Waals surface area contributed by atoms with Crippen LogP contribution in [0.15, 0.2) is 54.6 Å². The molecule has 4 nitrogen and oxygen atoms in total. The van der Waals surface area contributed by atoms with E-state index in [1.54, 1.807) is 7.05 Å². The minimum absolute atomic E-state index is 0.0370. The average molecular weight is 349 g/mol. The van der Waals surface area contributed by atoms with Gasteiger partial charge in [-0.1, -0.05) is 54.6 Å². The van der Waals surface area contributed by atoms with Crippen molar-refractivity contribution in [3.05, 3.63) is 71.3 Å². The fraction of sp³-hybridized carbons (Fsp3) is 0.364. The Morgan fingerprint density at radius 2 is 1.85 bits per heavy atom. The molecule has 0 aliphatic heterocycles. The van der Waals surface area contributed by atoms with Gasteiger partial charge in [0.1, 0.15) is 6.04 Å². The Balaban J connectivity index is 1.52. The highest BCUT2D eigenvalue weighted by atomic mass is 16.4. The second-order valence-corrected chi connectivity index (χ2v) is 7.56. The molecule has 26 heavy (non-hydrogen) atoms. The smallest absolute Gasteiger partial charge is 0.326 e. The minimum atomic E-state index is -0.953. The molecule has 4 rings (SSSR count). The third-order valence-corrected chi connectivity index (χ3v) is 6.14. The number of nitrogens with zero attached hydrogens (tertiary/aromatic N) is 1. The molecule has 2 aromatic rings. The average Bonchev–Trinajstić information content (AvgIpc) is 3.28. The molecule has 3 atom stereocenters. The third kappa shape index (κ3) is 2.70. The maximum atomic E-state index is 13.1. The van der Waals surface area contributed by atoms with Crippen LogP contribution in [-0.4, -0.2) is 35.0 Å². The first kappa shape index (κ1) is 16.8. The molecule has 134 valence electrons. The van der Waals surface area contributed by atoms with Crippen LogP contribution < -0.4 is 0 Å². The molecule has 0 heterocycles. The molecule has 2 aliphatic rings. The molecule has 4 heteroatoms. The number of carboxylic acid groups (broad SMARTS) is 1. The summed E-state index contributed by atoms with van der Waals surface area (Å²) in [5.41, 5.74) is 3.50. The van der Waals surface area contributed by atoms with Gasteiger partial charge in [0.2, 0.25) is 5.91 Å². The summed E-state index contributed by atoms with van der Waals surface area (Å²) in [6.07, 6.45) is 3.17. The zero-order chi connectivity index (χ0) is 18.3. The van der Waals surface area contributed by atoms with E-state index in [1.165, 1.54) is 16.0 Å². The van der Waals surface area contributed by atoms with Crippen molar-refractivity contribution in [3.8, 4) is 0 Å². The maximum Gasteiger partial charge on any atom is 0.326 e. The molecule has 2 aromatic carbocycles. The van der Waals surface area contributed by atoms with E-state index in [0.29, 0.717) is 6.42 Å². The lowest BCUT2D eigenvalue weighted by Gasteiger charge is -2.26. The van der Waals surface area contributed by atoms with Gasteiger partial charge in [0.05, 0.1) is 0 Å². The van der Waals surface area contributed by atoms with Crippen LogP contribution in [0.1, 0.15) is 29.5 Å². The summed E-state index contributed by atoms with van der Waals surface area (Å²) in [6, 6.07) is 17.0. The van der Waals surface area contributed by atoms with E-state index in [9.17, 15) is 14.7 Å². The van der Waals surface area contributed by atoms with Crippen molar-refractivity contribution < 1.29 is 14.7 Å². The van der Waals surface area contributed by atoms with E-state index in [-0.39, 0.29) is 17.2 Å². The van der Waals surface area contributed by atoms with Gasteiger partial charge in [-0.05, 0) is 36.0 Å². The number of aliphatic carboxylic acids is 1. The van der Waals surface area contributed by atoms with Crippen LogP contribution in [-0.2, 0) is 27.8 Å². The Kier molecular flexibility index (Phi) is 4.06. The van der Waals surface area contributed by atoms with Crippen molar-refractivity contribution in [2.45, 2.75) is 37.1 Å². The molecule has 1 N–H and O–H groups in total. The number of benzene rings is 2. The molecule has 1 saturated carbocycles. The highest BCUT2D eigenvalue weighted by Crippen LogP contribution is 2.62. The monoisotopic (exact) mass is 349 g/mol. The van der Waals surface area contributed by atoms with Gasteiger partial charge in [-0.3, -0.25) is 4.79 Å². The lowest BCUT2D eigenvalue weighted by atomic mass is 9.94. The Labute approximate surface area is 153 Å². The molecule has 2 aliphatic carbocycles. The zero-order valence-electron chi connectivity index (χ0n) is 14.9. The largest absolute Gasteiger partial charge is 0.480 e. The van der Waals surface area contributed by atoms with E-state index in [1.807, 2.05) is 42.5 Å². The lowest BCUT2D eigenvalue weighted by Crippen LogP contribution is -2.45. The fourth-order valence-corrected chi connectivity index (χ4v) is 4.55. The Morgan fingerprint density at radius 1 is 1.15 bits per heavy atom. The zero-order valence-corrected chi connectivity index (χ0v) is 14.9. The molecular weight excluding hydrogens is 326 g/mol. The number of aryl methyl sites for hydroxylation is 1. The van der Waals surface area contributed by atoms with Crippen LogP contribution in [0.25, 0.3) is 0 Å². The predicted octanol–water partition coefficient (Wildman–Crippen LogP) is 3.04. The summed E-state index contributed by atoms with van der Waals surface area (Å²) in [5.74, 6) is -1.08. The highest BCUT2D eigenvalue weighted by Gasteiger charge is 2.62. The standard InChI is InChI=1S/C22H23NO3/c1-23(19(21(25)26)13-15-7-3-2-4-8-15)20(24)18-14-22(18)12-11-16-9-5-6-10-17(16)22/h2-10,18-19H,11-14H2,1H3,(H,25,26). The van der Waals surface area contributed by atoms with Crippen molar-refractivity contribution in [1.82, 2.24) is 4.90 Å². The predicted molar refractivity (Wildman–Crippen MR) is 98.9 cm³/mol. The van der Waals surface area contributed by atoms with Crippen LogP contribution in [0.5, 0.6) is 0 Å². The number of amides is 1. The van der Waals surface area contributed by atoms with E-state index in [2.05, 4.69) is 12.1 Å². The van der Waals surface area contributed by atoms with Crippen LogP contribution >= 0.6 is 0 Å². The minimum Gasteiger partial charge on any atom is -0.480 e. The number of carbonyl (C=O) groups is 2. The molecular formula is C22H23NO3. The van der Waals surface area contributed by atoms with Gasteiger partial charge in [0.25, 0.3) is 0 Å². The van der Waals surface area contributed by atoms with Crippen molar-refractivity contribution in [1.29, 1.82) is 0 Å². The molecule has 1 spiro atoms. The van der Waals surface area contributed by atoms with Gasteiger partial charge in [-0.2, -0.15) is 0 Å². The number of fused-ring (bicyclic) bond motifs is 2. The molecule has 0 radical (unpaired) electrons. The number of carboxylic acids is 1. The third-order valence-electron chi connectivity index (χ3n) is 6.14. The molecule has 0 aromatic heterocycles. The van der Waals surface area contributed by atoms with Crippen LogP contribution in [0.3, 0.4) is 0 Å². The maximum absolute atomic E-state index is 13.1. The highest BCUT2D eigenvalue weighted by molar-refractivity contribution is 5.89. The first-order valence-electron chi connectivity index (χ1n) is 9.15. The second kappa shape index (κ2) is 6.27. The molecule has 0 bridgehead atoms. The Bertz CT molecular complexity index is 847. The normalized spacial score (nSPS) is 24.1. The summed E-state index contributed by atoms with van der Waals surface area (Å²) in [4.78, 5) is 26.3. The molecule has 3 unspecified atom stereocenters. The lowest BCUT2D eigenvalue weighted by molar-refractivity contribution is -0.149. The van der Waals surface area contributed by atoms with Gasteiger partial charge in [-0.25, -0.2) is 4.79 Å². The van der Waals surface area contributed by atoms with Gasteiger partial charge in [0, 0.05) is 24.8 Å². The van der Waals surface area contributed by atoms with Gasteiger partial charge in [0.15, 0.2) is 0 Å². The van der Waals surface area contributed by atoms with Gasteiger partial charge >= 0.3 is 5.97 Å². The number of carbonyl (C=O) groups excluding carboxylic acids is 1.